The van der Waals surface area contributed by atoms with E-state index in [1.165, 1.54) is 12.1 Å². The van der Waals surface area contributed by atoms with E-state index in [9.17, 15) is 38.1 Å². The Morgan fingerprint density at radius 2 is 0.862 bits per heavy atom. The Bertz CT molecular complexity index is 3440. The van der Waals surface area contributed by atoms with Crippen LogP contribution in [0, 0.1) is 20.8 Å². The number of anilines is 1. The number of hydrogen-bond acceptors (Lipinski definition) is 6. The molecule has 9 aromatic rings. The highest BCUT2D eigenvalue weighted by Gasteiger charge is 2.23. The molecule has 0 saturated heterocycles. The molecule has 0 aliphatic rings. The highest BCUT2D eigenvalue weighted by molar-refractivity contribution is 9.10. The van der Waals surface area contributed by atoms with E-state index in [2.05, 4.69) is 30.9 Å². The lowest BCUT2D eigenvalue weighted by Crippen LogP contribution is -2.08. The lowest BCUT2D eigenvalue weighted by Gasteiger charge is -2.13. The molecule has 0 amide bonds. The Balaban J connectivity index is 0.000000146. The van der Waals surface area contributed by atoms with E-state index >= 15 is 0 Å². The molecule has 0 spiro atoms. The van der Waals surface area contributed by atoms with Crippen LogP contribution in [0.3, 0.4) is 0 Å². The van der Waals surface area contributed by atoms with Crippen LogP contribution in [0.5, 0.6) is 0 Å². The van der Waals surface area contributed by atoms with Gasteiger partial charge in [-0.1, -0.05) is 107 Å². The number of carboxylic acid groups (broad SMARTS) is 3. The van der Waals surface area contributed by atoms with E-state index in [0.29, 0.717) is 11.1 Å². The van der Waals surface area contributed by atoms with Gasteiger partial charge in [0.05, 0.1) is 4.90 Å². The maximum absolute atomic E-state index is 11.8. The van der Waals surface area contributed by atoms with Crippen molar-refractivity contribution < 1.29 is 38.1 Å². The average Bonchev–Trinajstić information content (AvgIpc) is 3.98. The van der Waals surface area contributed by atoms with Crippen LogP contribution in [0.15, 0.2) is 137 Å². The van der Waals surface area contributed by atoms with Crippen LogP contribution in [-0.4, -0.2) is 76.9 Å². The van der Waals surface area contributed by atoms with Crippen LogP contribution in [-0.2, 0) is 9.84 Å². The Kier molecular flexibility index (Phi) is 12.9. The summed E-state index contributed by atoms with van der Waals surface area (Å²) >= 11 is 3.43. The van der Waals surface area contributed by atoms with Gasteiger partial charge in [-0.3, -0.25) is 0 Å². The van der Waals surface area contributed by atoms with Gasteiger partial charge >= 0.3 is 17.9 Å². The molecular formula is C51H45BrN4O8S. The number of fused-ring (bicyclic) bond motifs is 3. The van der Waals surface area contributed by atoms with Crippen LogP contribution >= 0.6 is 15.9 Å². The predicted octanol–water partition coefficient (Wildman–Crippen LogP) is 11.8. The molecule has 6 N–H and O–H groups in total. The molecule has 12 nitrogen and oxygen atoms in total. The monoisotopic (exact) mass is 952 g/mol. The highest BCUT2D eigenvalue weighted by Crippen LogP contribution is 2.38. The third-order valence-corrected chi connectivity index (χ3v) is 12.7. The first-order valence-electron chi connectivity index (χ1n) is 20.2. The molecule has 330 valence electrons. The molecular weight excluding hydrogens is 909 g/mol. The van der Waals surface area contributed by atoms with Crippen molar-refractivity contribution in [1.29, 1.82) is 0 Å². The standard InChI is InChI=1S/C18H18N2O2.C17H15NO4S.C16H12BrNO2/c1-11-6-4-9-14-15(17(18(21)22)19-16(11)14)12-7-5-8-13(10-12)20(2)3;1-10-5-3-8-13-14(16(17(19)20)18-15(10)13)11-6-4-7-12(9-11)23(2,21)22;1-9-4-2-7-12-13(10-5-3-6-11(17)8-10)15(16(19)20)18-14(9)12/h4-10,19H,1-3H3,(H,21,22);3-9,18H,1-2H3,(H,19,20);2-8,18H,1H3,(H,19,20). The van der Waals surface area contributed by atoms with Crippen molar-refractivity contribution in [1.82, 2.24) is 15.0 Å². The van der Waals surface area contributed by atoms with Gasteiger partial charge in [0.2, 0.25) is 0 Å². The molecule has 65 heavy (non-hydrogen) atoms. The first-order chi connectivity index (χ1) is 30.8. The maximum Gasteiger partial charge on any atom is 0.352 e. The molecule has 9 rings (SSSR count). The summed E-state index contributed by atoms with van der Waals surface area (Å²) in [5.41, 5.74) is 11.4. The van der Waals surface area contributed by atoms with Gasteiger partial charge in [0.25, 0.3) is 0 Å². The normalized spacial score (nSPS) is 11.2. The zero-order valence-corrected chi connectivity index (χ0v) is 38.6. The van der Waals surface area contributed by atoms with Crippen molar-refractivity contribution in [3.05, 3.63) is 166 Å². The second-order valence-electron chi connectivity index (χ2n) is 15.8. The number of halogens is 1. The molecule has 0 aliphatic heterocycles. The zero-order chi connectivity index (χ0) is 46.9. The molecule has 3 heterocycles. The summed E-state index contributed by atoms with van der Waals surface area (Å²) < 4.78 is 24.5. The van der Waals surface area contributed by atoms with Crippen molar-refractivity contribution >= 4 is 82.1 Å². The van der Waals surface area contributed by atoms with Gasteiger partial charge in [-0.2, -0.15) is 0 Å². The average molecular weight is 954 g/mol. The predicted molar refractivity (Wildman–Crippen MR) is 261 cm³/mol. The Morgan fingerprint density at radius 1 is 0.508 bits per heavy atom. The topological polar surface area (TPSA) is 197 Å². The third kappa shape index (κ3) is 9.31. The van der Waals surface area contributed by atoms with Crippen LogP contribution in [0.4, 0.5) is 5.69 Å². The number of H-pyrrole nitrogens is 3. The summed E-state index contributed by atoms with van der Waals surface area (Å²) in [5, 5.41) is 31.1. The number of aromatic nitrogens is 3. The highest BCUT2D eigenvalue weighted by atomic mass is 79.9. The lowest BCUT2D eigenvalue weighted by molar-refractivity contribution is 0.0681. The van der Waals surface area contributed by atoms with E-state index < -0.39 is 27.7 Å². The van der Waals surface area contributed by atoms with Crippen LogP contribution in [0.2, 0.25) is 0 Å². The molecule has 6 aromatic carbocycles. The summed E-state index contributed by atoms with van der Waals surface area (Å²) in [6.45, 7) is 5.83. The number of aryl methyl sites for hydroxylation is 3. The Morgan fingerprint density at radius 3 is 1.23 bits per heavy atom. The van der Waals surface area contributed by atoms with Crippen molar-refractivity contribution in [2.45, 2.75) is 25.7 Å². The van der Waals surface area contributed by atoms with Gasteiger partial charge in [-0.15, -0.1) is 0 Å². The minimum Gasteiger partial charge on any atom is -0.477 e. The molecule has 0 bridgehead atoms. The summed E-state index contributed by atoms with van der Waals surface area (Å²) in [5.74, 6) is -2.98. The van der Waals surface area contributed by atoms with Gasteiger partial charge in [-0.25, -0.2) is 22.8 Å². The number of aromatic carboxylic acids is 3. The van der Waals surface area contributed by atoms with Gasteiger partial charge in [0.1, 0.15) is 17.1 Å². The largest absolute Gasteiger partial charge is 0.477 e. The number of rotatable bonds is 8. The number of nitrogens with zero attached hydrogens (tertiary/aromatic N) is 1. The van der Waals surface area contributed by atoms with Crippen LogP contribution < -0.4 is 4.90 Å². The fourth-order valence-electron chi connectivity index (χ4n) is 7.94. The minimum atomic E-state index is -3.37. The van der Waals surface area contributed by atoms with Crippen LogP contribution in [0.1, 0.15) is 48.2 Å². The number of nitrogens with one attached hydrogen (secondary N) is 3. The molecule has 0 atom stereocenters. The summed E-state index contributed by atoms with van der Waals surface area (Å²) in [6, 6.07) is 39.2. The van der Waals surface area contributed by atoms with E-state index in [1.807, 2.05) is 143 Å². The molecule has 0 aliphatic carbocycles. The smallest absolute Gasteiger partial charge is 0.352 e. The minimum absolute atomic E-state index is 0.0555. The van der Waals surface area contributed by atoms with Crippen molar-refractivity contribution in [2.75, 3.05) is 25.3 Å². The van der Waals surface area contributed by atoms with E-state index in [4.69, 9.17) is 0 Å². The van der Waals surface area contributed by atoms with E-state index in [-0.39, 0.29) is 22.0 Å². The Hall–Kier alpha value is -7.42. The molecule has 0 unspecified atom stereocenters. The lowest BCUT2D eigenvalue weighted by atomic mass is 10.00. The zero-order valence-electron chi connectivity index (χ0n) is 36.2. The third-order valence-electron chi connectivity index (χ3n) is 11.1. The fourth-order valence-corrected chi connectivity index (χ4v) is 9.01. The summed E-state index contributed by atoms with van der Waals surface area (Å²) in [7, 11) is 0.569. The number of carboxylic acids is 3. The number of carbonyl (C=O) groups is 3. The number of hydrogen-bond donors (Lipinski definition) is 6. The van der Waals surface area contributed by atoms with Gasteiger partial charge in [0.15, 0.2) is 9.84 Å². The van der Waals surface area contributed by atoms with Gasteiger partial charge in [-0.05, 0) is 90.6 Å². The maximum atomic E-state index is 11.8. The first kappa shape index (κ1) is 45.6. The summed E-state index contributed by atoms with van der Waals surface area (Å²) in [6.07, 6.45) is 1.13. The second-order valence-corrected chi connectivity index (χ2v) is 18.7. The second kappa shape index (κ2) is 18.4. The molecule has 0 fully saturated rings. The van der Waals surface area contributed by atoms with Crippen molar-refractivity contribution in [2.24, 2.45) is 0 Å². The number of benzene rings is 6. The van der Waals surface area contributed by atoms with Crippen LogP contribution in [0.25, 0.3) is 66.1 Å². The Labute approximate surface area is 383 Å². The molecule has 0 saturated carbocycles. The fraction of sp³-hybridized carbons (Fsp3) is 0.118. The summed E-state index contributed by atoms with van der Waals surface area (Å²) in [4.78, 5) is 46.0. The van der Waals surface area contributed by atoms with Gasteiger partial charge < -0.3 is 35.2 Å². The van der Waals surface area contributed by atoms with E-state index in [1.54, 1.807) is 12.1 Å². The number of para-hydroxylation sites is 3. The van der Waals surface area contributed by atoms with Crippen molar-refractivity contribution in [3.63, 3.8) is 0 Å². The number of sulfone groups is 1. The van der Waals surface area contributed by atoms with E-state index in [0.717, 1.165) is 88.1 Å². The van der Waals surface area contributed by atoms with Crippen molar-refractivity contribution in [3.8, 4) is 33.4 Å². The number of aromatic amines is 3. The van der Waals surface area contributed by atoms with Gasteiger partial charge in [0, 0.05) is 79.9 Å². The molecule has 3 aromatic heterocycles. The first-order valence-corrected chi connectivity index (χ1v) is 22.9. The quantitative estimate of drug-likeness (QED) is 0.0858. The SMILES string of the molecule is Cc1cccc2c(-c3cccc(Br)c3)c(C(=O)O)[nH]c12.Cc1cccc2c(-c3cccc(N(C)C)c3)c(C(=O)O)[nH]c12.Cc1cccc2c(-c3cccc(S(C)(=O)=O)c3)c(C(=O)O)[nH]c12. The molecule has 14 heteroatoms. The molecule has 0 radical (unpaired) electrons.